The number of phenolic OH excluding ortho intramolecular Hbond substituents is 1. The monoisotopic (exact) mass is 456 g/mol. The van der Waals surface area contributed by atoms with Crippen molar-refractivity contribution in [3.05, 3.63) is 58.7 Å². The molecule has 0 aliphatic heterocycles. The highest BCUT2D eigenvalue weighted by Crippen LogP contribution is 2.44. The van der Waals surface area contributed by atoms with E-state index in [2.05, 4.69) is 20.8 Å². The van der Waals surface area contributed by atoms with Gasteiger partial charge in [-0.05, 0) is 60.1 Å². The van der Waals surface area contributed by atoms with Crippen molar-refractivity contribution >= 4 is 11.8 Å². The Labute approximate surface area is 196 Å². The number of ether oxygens (including phenoxy) is 1. The molecule has 0 saturated heterocycles. The maximum atomic E-state index is 12.9. The lowest BCUT2D eigenvalue weighted by Crippen LogP contribution is -2.43. The van der Waals surface area contributed by atoms with Gasteiger partial charge in [0.15, 0.2) is 17.3 Å². The first-order valence-corrected chi connectivity index (χ1v) is 11.1. The van der Waals surface area contributed by atoms with E-state index in [0.717, 1.165) is 11.1 Å². The molecule has 6 heteroatoms. The second-order valence-electron chi connectivity index (χ2n) is 10.9. The van der Waals surface area contributed by atoms with Crippen LogP contribution in [0.1, 0.15) is 82.5 Å². The molecule has 3 N–H and O–H groups in total. The number of ketones is 1. The van der Waals surface area contributed by atoms with Crippen molar-refractivity contribution in [3.8, 4) is 11.5 Å². The molecule has 0 aromatic heterocycles. The summed E-state index contributed by atoms with van der Waals surface area (Å²) in [6.07, 6.45) is 6.81. The first-order valence-electron chi connectivity index (χ1n) is 11.1. The number of carboxylic acid groups (broad SMARTS) is 1. The Morgan fingerprint density at radius 3 is 2.15 bits per heavy atom. The molecule has 2 rings (SSSR count). The fourth-order valence-electron chi connectivity index (χ4n) is 3.50. The second kappa shape index (κ2) is 9.18. The molecule has 1 aromatic rings. The topological polar surface area (TPSA) is 104 Å². The van der Waals surface area contributed by atoms with Gasteiger partial charge in [-0.3, -0.25) is 4.79 Å². The molecule has 0 radical (unpaired) electrons. The molecular formula is C27H36O6. The number of carbonyl (C=O) groups is 2. The molecule has 33 heavy (non-hydrogen) atoms. The number of aromatic hydroxyl groups is 1. The molecule has 180 valence electrons. The van der Waals surface area contributed by atoms with Crippen LogP contribution in [0.15, 0.2) is 47.6 Å². The van der Waals surface area contributed by atoms with Crippen LogP contribution in [0.25, 0.3) is 0 Å². The van der Waals surface area contributed by atoms with Crippen molar-refractivity contribution in [2.45, 2.75) is 73.5 Å². The number of carboxylic acids is 1. The zero-order chi connectivity index (χ0) is 25.4. The molecule has 6 nitrogen and oxygen atoms in total. The molecule has 1 atom stereocenters. The average Bonchev–Trinajstić information content (AvgIpc) is 2.65. The van der Waals surface area contributed by atoms with Gasteiger partial charge in [0.25, 0.3) is 0 Å². The fourth-order valence-corrected chi connectivity index (χ4v) is 3.50. The van der Waals surface area contributed by atoms with Gasteiger partial charge in [0, 0.05) is 6.42 Å². The van der Waals surface area contributed by atoms with Crippen LogP contribution in [0.2, 0.25) is 0 Å². The van der Waals surface area contributed by atoms with Crippen molar-refractivity contribution in [2.75, 3.05) is 0 Å². The number of hydrogen-bond donors (Lipinski definition) is 3. The number of carbonyl (C=O) groups excluding carboxylic acids is 1. The SMILES string of the molecule is CC(C)Oc1c(C(=O)O)ccc(C(=O)/C=C/C2=CC(C(C)(C)C)=CC(O)(C(C)(C)C)C2)c1O. The molecule has 1 unspecified atom stereocenters. The quantitative estimate of drug-likeness (QED) is 0.375. The van der Waals surface area contributed by atoms with Gasteiger partial charge >= 0.3 is 5.97 Å². The third-order valence-electron chi connectivity index (χ3n) is 5.80. The van der Waals surface area contributed by atoms with E-state index in [4.69, 9.17) is 4.74 Å². The van der Waals surface area contributed by atoms with E-state index in [-0.39, 0.29) is 28.4 Å². The summed E-state index contributed by atoms with van der Waals surface area (Å²) >= 11 is 0. The third-order valence-corrected chi connectivity index (χ3v) is 5.80. The Kier molecular flexibility index (Phi) is 7.34. The summed E-state index contributed by atoms with van der Waals surface area (Å²) < 4.78 is 5.48. The highest BCUT2D eigenvalue weighted by atomic mass is 16.5. The van der Waals surface area contributed by atoms with Crippen molar-refractivity contribution in [1.82, 2.24) is 0 Å². The lowest BCUT2D eigenvalue weighted by atomic mass is 9.67. The predicted molar refractivity (Wildman–Crippen MR) is 129 cm³/mol. The van der Waals surface area contributed by atoms with Crippen LogP contribution < -0.4 is 4.74 Å². The Balaban J connectivity index is 2.45. The van der Waals surface area contributed by atoms with Crippen molar-refractivity contribution in [2.24, 2.45) is 10.8 Å². The van der Waals surface area contributed by atoms with Crippen LogP contribution in [0.5, 0.6) is 11.5 Å². The van der Waals surface area contributed by atoms with Crippen molar-refractivity contribution in [3.63, 3.8) is 0 Å². The maximum Gasteiger partial charge on any atom is 0.339 e. The van der Waals surface area contributed by atoms with E-state index in [1.54, 1.807) is 19.9 Å². The van der Waals surface area contributed by atoms with Gasteiger partial charge in [-0.25, -0.2) is 4.79 Å². The van der Waals surface area contributed by atoms with Gasteiger partial charge in [-0.1, -0.05) is 53.7 Å². The lowest BCUT2D eigenvalue weighted by molar-refractivity contribution is -0.0151. The van der Waals surface area contributed by atoms with Crippen LogP contribution in [0.3, 0.4) is 0 Å². The molecule has 0 fully saturated rings. The van der Waals surface area contributed by atoms with E-state index >= 15 is 0 Å². The smallest absolute Gasteiger partial charge is 0.339 e. The molecule has 1 aliphatic rings. The second-order valence-corrected chi connectivity index (χ2v) is 10.9. The van der Waals surface area contributed by atoms with Gasteiger partial charge in [0.2, 0.25) is 0 Å². The molecule has 1 aliphatic carbocycles. The first-order chi connectivity index (χ1) is 15.0. The molecule has 0 bridgehead atoms. The van der Waals surface area contributed by atoms with E-state index in [9.17, 15) is 24.9 Å². The number of hydrogen-bond acceptors (Lipinski definition) is 5. The lowest BCUT2D eigenvalue weighted by Gasteiger charge is -2.42. The van der Waals surface area contributed by atoms with Crippen molar-refractivity contribution in [1.29, 1.82) is 0 Å². The average molecular weight is 457 g/mol. The summed E-state index contributed by atoms with van der Waals surface area (Å²) in [7, 11) is 0. The summed E-state index contributed by atoms with van der Waals surface area (Å²) in [6, 6.07) is 2.53. The predicted octanol–water partition coefficient (Wildman–Crippen LogP) is 5.70. The molecule has 0 spiro atoms. The molecule has 0 heterocycles. The summed E-state index contributed by atoms with van der Waals surface area (Å²) in [4.78, 5) is 24.4. The minimum Gasteiger partial charge on any atom is -0.504 e. The van der Waals surface area contributed by atoms with Crippen LogP contribution in [-0.2, 0) is 0 Å². The van der Waals surface area contributed by atoms with Gasteiger partial charge in [-0.15, -0.1) is 0 Å². The molecular weight excluding hydrogens is 420 g/mol. The number of rotatable bonds is 6. The van der Waals surface area contributed by atoms with Crippen LogP contribution in [0, 0.1) is 10.8 Å². The molecule has 0 saturated carbocycles. The van der Waals surface area contributed by atoms with Crippen LogP contribution in [-0.4, -0.2) is 38.8 Å². The largest absolute Gasteiger partial charge is 0.504 e. The molecule has 0 amide bonds. The summed E-state index contributed by atoms with van der Waals surface area (Å²) in [5.74, 6) is -2.48. The summed E-state index contributed by atoms with van der Waals surface area (Å²) in [5.41, 5.74) is -0.219. The fraction of sp³-hybridized carbons (Fsp3) is 0.481. The molecule has 1 aromatic carbocycles. The van der Waals surface area contributed by atoms with E-state index in [1.807, 2.05) is 32.9 Å². The number of aliphatic hydroxyl groups is 1. The van der Waals surface area contributed by atoms with Gasteiger partial charge in [0.1, 0.15) is 5.56 Å². The van der Waals surface area contributed by atoms with Crippen molar-refractivity contribution < 1.29 is 29.6 Å². The Hall–Kier alpha value is -2.86. The Morgan fingerprint density at radius 2 is 1.67 bits per heavy atom. The van der Waals surface area contributed by atoms with E-state index in [0.29, 0.717) is 6.42 Å². The maximum absolute atomic E-state index is 12.9. The highest BCUT2D eigenvalue weighted by molar-refractivity contribution is 6.08. The van der Waals surface area contributed by atoms with E-state index < -0.39 is 28.5 Å². The first kappa shape index (κ1) is 26.4. The minimum atomic E-state index is -1.26. The Bertz CT molecular complexity index is 1030. The van der Waals surface area contributed by atoms with Crippen LogP contribution >= 0.6 is 0 Å². The number of aromatic carboxylic acids is 1. The van der Waals surface area contributed by atoms with Gasteiger partial charge in [-0.2, -0.15) is 0 Å². The van der Waals surface area contributed by atoms with Crippen LogP contribution in [0.4, 0.5) is 0 Å². The standard InChI is InChI=1S/C27H36O6/c1-16(2)33-23-20(24(30)31)11-10-19(22(23)29)21(28)12-9-17-13-18(25(3,4)5)15-27(32,14-17)26(6,7)8/h9-13,15-16,29,32H,14H2,1-8H3,(H,30,31)/b12-9+. The zero-order valence-corrected chi connectivity index (χ0v) is 20.8. The number of allylic oxidation sites excluding steroid dienone is 4. The number of phenols is 1. The van der Waals surface area contributed by atoms with Gasteiger partial charge in [0.05, 0.1) is 17.3 Å². The highest BCUT2D eigenvalue weighted by Gasteiger charge is 2.41. The van der Waals surface area contributed by atoms with E-state index in [1.165, 1.54) is 18.2 Å². The Morgan fingerprint density at radius 1 is 1.09 bits per heavy atom. The number of benzene rings is 1. The third kappa shape index (κ3) is 5.93. The summed E-state index contributed by atoms with van der Waals surface area (Å²) in [6.45, 7) is 15.5. The summed E-state index contributed by atoms with van der Waals surface area (Å²) in [5, 5.41) is 31.4. The van der Waals surface area contributed by atoms with Gasteiger partial charge < -0.3 is 20.1 Å². The normalized spacial score (nSPS) is 19.5. The minimum absolute atomic E-state index is 0.0546. The zero-order valence-electron chi connectivity index (χ0n) is 20.8.